The highest BCUT2D eigenvalue weighted by Gasteiger charge is 2.29. The van der Waals surface area contributed by atoms with Crippen LogP contribution in [0.4, 0.5) is 0 Å². The first-order valence-electron chi connectivity index (χ1n) is 6.23. The van der Waals surface area contributed by atoms with Crippen molar-refractivity contribution in [2.45, 2.75) is 12.3 Å². The summed E-state index contributed by atoms with van der Waals surface area (Å²) in [6.07, 6.45) is 0.392. The molecular formula is C16H13ClO2. The molecule has 0 saturated carbocycles. The summed E-state index contributed by atoms with van der Waals surface area (Å²) in [4.78, 5) is 12.4. The van der Waals surface area contributed by atoms with Gasteiger partial charge in [-0.25, -0.2) is 0 Å². The Morgan fingerprint density at radius 1 is 1.21 bits per heavy atom. The van der Waals surface area contributed by atoms with Crippen LogP contribution in [0.1, 0.15) is 17.0 Å². The van der Waals surface area contributed by atoms with Gasteiger partial charge in [-0.1, -0.05) is 41.9 Å². The van der Waals surface area contributed by atoms with E-state index >= 15 is 0 Å². The van der Waals surface area contributed by atoms with Gasteiger partial charge in [-0.05, 0) is 23.8 Å². The Labute approximate surface area is 117 Å². The third-order valence-corrected chi connectivity index (χ3v) is 3.59. The average molecular weight is 273 g/mol. The highest BCUT2D eigenvalue weighted by Crippen LogP contribution is 2.34. The lowest BCUT2D eigenvalue weighted by molar-refractivity contribution is -0.120. The first kappa shape index (κ1) is 12.2. The minimum atomic E-state index is -0.157. The van der Waals surface area contributed by atoms with Gasteiger partial charge in [-0.3, -0.25) is 4.79 Å². The van der Waals surface area contributed by atoms with E-state index in [1.807, 2.05) is 48.5 Å². The second-order valence-corrected chi connectivity index (χ2v) is 5.11. The molecule has 0 spiro atoms. The van der Waals surface area contributed by atoms with Gasteiger partial charge in [0.25, 0.3) is 0 Å². The fourth-order valence-electron chi connectivity index (χ4n) is 2.40. The van der Waals surface area contributed by atoms with Gasteiger partial charge in [0.05, 0.1) is 5.92 Å². The zero-order valence-electron chi connectivity index (χ0n) is 10.3. The third-order valence-electron chi connectivity index (χ3n) is 3.36. The molecule has 0 aliphatic carbocycles. The monoisotopic (exact) mass is 272 g/mol. The van der Waals surface area contributed by atoms with Gasteiger partial charge < -0.3 is 4.74 Å². The lowest BCUT2D eigenvalue weighted by Crippen LogP contribution is -2.16. The number of fused-ring (bicyclic) bond motifs is 1. The Morgan fingerprint density at radius 3 is 2.89 bits per heavy atom. The summed E-state index contributed by atoms with van der Waals surface area (Å²) in [6, 6.07) is 15.2. The van der Waals surface area contributed by atoms with Crippen molar-refractivity contribution < 1.29 is 9.53 Å². The molecule has 0 saturated heterocycles. The number of ether oxygens (including phenoxy) is 1. The quantitative estimate of drug-likeness (QED) is 0.853. The maximum absolute atomic E-state index is 12.4. The normalized spacial score (nSPS) is 16.8. The minimum absolute atomic E-state index is 0.157. The summed E-state index contributed by atoms with van der Waals surface area (Å²) in [7, 11) is 0. The molecule has 1 atom stereocenters. The van der Waals surface area contributed by atoms with Gasteiger partial charge in [0.1, 0.15) is 18.1 Å². The Hall–Kier alpha value is -1.80. The molecule has 2 aromatic rings. The summed E-state index contributed by atoms with van der Waals surface area (Å²) in [5, 5.41) is 0.661. The molecule has 1 aliphatic rings. The molecule has 3 heteroatoms. The Bertz CT molecular complexity index is 622. The number of carbonyl (C=O) groups is 1. The topological polar surface area (TPSA) is 26.3 Å². The van der Waals surface area contributed by atoms with Crippen molar-refractivity contribution in [1.29, 1.82) is 0 Å². The number of benzene rings is 2. The van der Waals surface area contributed by atoms with Crippen LogP contribution < -0.4 is 4.74 Å². The smallest absolute Gasteiger partial charge is 0.148 e. The molecular weight excluding hydrogens is 260 g/mol. The third kappa shape index (κ3) is 2.49. The number of ketones is 1. The summed E-state index contributed by atoms with van der Waals surface area (Å²) in [5.74, 6) is 0.842. The van der Waals surface area contributed by atoms with Gasteiger partial charge in [-0.15, -0.1) is 0 Å². The van der Waals surface area contributed by atoms with Crippen molar-refractivity contribution in [3.8, 4) is 5.75 Å². The standard InChI is InChI=1S/C16H13ClO2/c17-12-5-3-4-11(8-12)9-15(18)14-10-19-16-7-2-1-6-13(14)16/h1-8,14H,9-10H2. The van der Waals surface area contributed by atoms with Crippen LogP contribution in [-0.2, 0) is 11.2 Å². The van der Waals surface area contributed by atoms with Crippen molar-refractivity contribution in [3.05, 3.63) is 64.7 Å². The van der Waals surface area contributed by atoms with E-state index in [9.17, 15) is 4.79 Å². The lowest BCUT2D eigenvalue weighted by Gasteiger charge is -2.08. The van der Waals surface area contributed by atoms with Crippen LogP contribution in [0.25, 0.3) is 0 Å². The molecule has 0 amide bonds. The van der Waals surface area contributed by atoms with Crippen LogP contribution in [-0.4, -0.2) is 12.4 Å². The first-order chi connectivity index (χ1) is 9.24. The van der Waals surface area contributed by atoms with E-state index in [2.05, 4.69) is 0 Å². The molecule has 0 N–H and O–H groups in total. The molecule has 0 bridgehead atoms. The summed E-state index contributed by atoms with van der Waals surface area (Å²) >= 11 is 5.93. The van der Waals surface area contributed by atoms with Crippen LogP contribution in [0, 0.1) is 0 Å². The molecule has 3 rings (SSSR count). The highest BCUT2D eigenvalue weighted by molar-refractivity contribution is 6.30. The molecule has 0 fully saturated rings. The molecule has 96 valence electrons. The van der Waals surface area contributed by atoms with Crippen LogP contribution in [0.3, 0.4) is 0 Å². The van der Waals surface area contributed by atoms with Crippen molar-refractivity contribution in [2.75, 3.05) is 6.61 Å². The van der Waals surface area contributed by atoms with Crippen molar-refractivity contribution in [1.82, 2.24) is 0 Å². The Balaban J connectivity index is 1.79. The zero-order chi connectivity index (χ0) is 13.2. The fourth-order valence-corrected chi connectivity index (χ4v) is 2.61. The number of halogens is 1. The number of rotatable bonds is 3. The molecule has 1 unspecified atom stereocenters. The Kier molecular flexibility index (Phi) is 3.26. The summed E-state index contributed by atoms with van der Waals surface area (Å²) in [5.41, 5.74) is 1.94. The molecule has 0 radical (unpaired) electrons. The molecule has 1 heterocycles. The minimum Gasteiger partial charge on any atom is -0.492 e. The van der Waals surface area contributed by atoms with Crippen LogP contribution in [0.5, 0.6) is 5.75 Å². The van der Waals surface area contributed by atoms with Crippen LogP contribution in [0.15, 0.2) is 48.5 Å². The molecule has 19 heavy (non-hydrogen) atoms. The number of carbonyl (C=O) groups excluding carboxylic acids is 1. The Morgan fingerprint density at radius 2 is 2.05 bits per heavy atom. The van der Waals surface area contributed by atoms with Gasteiger partial charge in [0, 0.05) is 17.0 Å². The van der Waals surface area contributed by atoms with Gasteiger partial charge >= 0.3 is 0 Å². The molecule has 1 aliphatic heterocycles. The molecule has 2 aromatic carbocycles. The summed E-state index contributed by atoms with van der Waals surface area (Å²) < 4.78 is 5.55. The van der Waals surface area contributed by atoms with E-state index in [0.717, 1.165) is 16.9 Å². The maximum atomic E-state index is 12.4. The zero-order valence-corrected chi connectivity index (χ0v) is 11.1. The predicted molar refractivity (Wildman–Crippen MR) is 74.8 cm³/mol. The van der Waals surface area contributed by atoms with Crippen molar-refractivity contribution >= 4 is 17.4 Å². The van der Waals surface area contributed by atoms with Crippen LogP contribution >= 0.6 is 11.6 Å². The fraction of sp³-hybridized carbons (Fsp3) is 0.188. The largest absolute Gasteiger partial charge is 0.492 e. The summed E-state index contributed by atoms with van der Waals surface area (Å²) in [6.45, 7) is 0.443. The van der Waals surface area contributed by atoms with E-state index in [1.54, 1.807) is 0 Å². The number of Topliss-reactive ketones (excluding diaryl/α,β-unsaturated/α-hetero) is 1. The van der Waals surface area contributed by atoms with E-state index in [1.165, 1.54) is 0 Å². The second-order valence-electron chi connectivity index (χ2n) is 4.67. The molecule has 2 nitrogen and oxygen atoms in total. The van der Waals surface area contributed by atoms with E-state index < -0.39 is 0 Å². The van der Waals surface area contributed by atoms with Gasteiger partial charge in [0.15, 0.2) is 0 Å². The number of para-hydroxylation sites is 1. The van der Waals surface area contributed by atoms with Crippen molar-refractivity contribution in [2.24, 2.45) is 0 Å². The van der Waals surface area contributed by atoms with E-state index in [0.29, 0.717) is 18.1 Å². The number of hydrogen-bond acceptors (Lipinski definition) is 2. The first-order valence-corrected chi connectivity index (χ1v) is 6.61. The van der Waals surface area contributed by atoms with Crippen LogP contribution in [0.2, 0.25) is 5.02 Å². The molecule has 0 aromatic heterocycles. The SMILES string of the molecule is O=C(Cc1cccc(Cl)c1)C1COc2ccccc21. The van der Waals surface area contributed by atoms with Gasteiger partial charge in [0.2, 0.25) is 0 Å². The number of hydrogen-bond donors (Lipinski definition) is 0. The van der Waals surface area contributed by atoms with E-state index in [-0.39, 0.29) is 11.7 Å². The lowest BCUT2D eigenvalue weighted by atomic mass is 9.93. The average Bonchev–Trinajstić information content (AvgIpc) is 2.82. The second kappa shape index (κ2) is 5.06. The van der Waals surface area contributed by atoms with E-state index in [4.69, 9.17) is 16.3 Å². The van der Waals surface area contributed by atoms with Crippen molar-refractivity contribution in [3.63, 3.8) is 0 Å². The predicted octanol–water partition coefficient (Wildman–Crippen LogP) is 3.63. The maximum Gasteiger partial charge on any atom is 0.148 e. The highest BCUT2D eigenvalue weighted by atomic mass is 35.5. The van der Waals surface area contributed by atoms with Gasteiger partial charge in [-0.2, -0.15) is 0 Å².